The van der Waals surface area contributed by atoms with Gasteiger partial charge < -0.3 is 21.1 Å². The van der Waals surface area contributed by atoms with Crippen molar-refractivity contribution in [2.75, 3.05) is 6.54 Å². The molecule has 0 aliphatic carbocycles. The molecule has 0 bridgehead atoms. The molecule has 8 heteroatoms. The van der Waals surface area contributed by atoms with E-state index in [1.54, 1.807) is 6.92 Å². The van der Waals surface area contributed by atoms with Crippen LogP contribution in [0.15, 0.2) is 0 Å². The number of likely N-dealkylation sites (tertiary alicyclic amines) is 1. The van der Waals surface area contributed by atoms with Gasteiger partial charge in [0, 0.05) is 18.9 Å². The Balaban J connectivity index is 2.88. The van der Waals surface area contributed by atoms with Crippen molar-refractivity contribution < 1.29 is 24.3 Å². The molecule has 1 aliphatic heterocycles. The Bertz CT molecular complexity index is 549. The molecule has 0 radical (unpaired) electrons. The average Bonchev–Trinajstić information content (AvgIpc) is 2.94. The summed E-state index contributed by atoms with van der Waals surface area (Å²) in [7, 11) is 0. The van der Waals surface area contributed by atoms with Gasteiger partial charge in [0.05, 0.1) is 18.6 Å². The fourth-order valence-corrected chi connectivity index (χ4v) is 3.02. The van der Waals surface area contributed by atoms with E-state index >= 15 is 0 Å². The highest BCUT2D eigenvalue weighted by Crippen LogP contribution is 2.23. The molecule has 148 valence electrons. The number of aliphatic hydroxyl groups excluding tert-OH is 1. The Labute approximate surface area is 154 Å². The molecule has 0 saturated carbocycles. The maximum Gasteiger partial charge on any atom is 0.243 e. The molecule has 26 heavy (non-hydrogen) atoms. The second-order valence-corrected chi connectivity index (χ2v) is 7.39. The van der Waals surface area contributed by atoms with Crippen molar-refractivity contribution in [1.29, 1.82) is 0 Å². The Morgan fingerprint density at radius 3 is 2.35 bits per heavy atom. The number of nitrogens with two attached hydrogens (primary N) is 1. The number of rotatable bonds is 9. The van der Waals surface area contributed by atoms with Crippen LogP contribution in [0.25, 0.3) is 0 Å². The van der Waals surface area contributed by atoms with Crippen LogP contribution in [0, 0.1) is 11.8 Å². The third-order valence-electron chi connectivity index (χ3n) is 4.89. The molecule has 0 aromatic rings. The molecule has 1 saturated heterocycles. The van der Waals surface area contributed by atoms with Crippen LogP contribution >= 0.6 is 0 Å². The van der Waals surface area contributed by atoms with Crippen molar-refractivity contribution in [3.63, 3.8) is 0 Å². The zero-order valence-corrected chi connectivity index (χ0v) is 16.0. The minimum absolute atomic E-state index is 0.0989. The van der Waals surface area contributed by atoms with Crippen molar-refractivity contribution in [2.24, 2.45) is 17.6 Å². The predicted molar refractivity (Wildman–Crippen MR) is 95.8 cm³/mol. The molecule has 0 spiro atoms. The minimum Gasteiger partial charge on any atom is -0.391 e. The molecule has 3 amide bonds. The molecular weight excluding hydrogens is 338 g/mol. The maximum absolute atomic E-state index is 12.7. The molecule has 8 nitrogen and oxygen atoms in total. The number of primary amides is 1. The van der Waals surface area contributed by atoms with Crippen LogP contribution < -0.4 is 11.1 Å². The van der Waals surface area contributed by atoms with Crippen molar-refractivity contribution in [3.05, 3.63) is 0 Å². The van der Waals surface area contributed by atoms with Crippen LogP contribution in [0.4, 0.5) is 0 Å². The smallest absolute Gasteiger partial charge is 0.243 e. The van der Waals surface area contributed by atoms with Gasteiger partial charge >= 0.3 is 0 Å². The summed E-state index contributed by atoms with van der Waals surface area (Å²) in [6, 6.07) is -1.64. The second-order valence-electron chi connectivity index (χ2n) is 7.39. The zero-order valence-electron chi connectivity index (χ0n) is 16.0. The lowest BCUT2D eigenvalue weighted by atomic mass is 9.96. The maximum atomic E-state index is 12.7. The van der Waals surface area contributed by atoms with Crippen LogP contribution in [0.3, 0.4) is 0 Å². The van der Waals surface area contributed by atoms with Gasteiger partial charge in [0.2, 0.25) is 17.7 Å². The number of β-amino-alcohol motifs (C(OH)–C–C–N with tert-alkyl or cyclic N) is 1. The summed E-state index contributed by atoms with van der Waals surface area (Å²) in [5, 5.41) is 12.6. The van der Waals surface area contributed by atoms with Gasteiger partial charge in [-0.25, -0.2) is 0 Å². The number of hydrogen-bond acceptors (Lipinski definition) is 5. The summed E-state index contributed by atoms with van der Waals surface area (Å²) >= 11 is 0. The van der Waals surface area contributed by atoms with Crippen LogP contribution in [-0.4, -0.2) is 58.2 Å². The van der Waals surface area contributed by atoms with Gasteiger partial charge in [-0.15, -0.1) is 0 Å². The van der Waals surface area contributed by atoms with E-state index in [1.807, 2.05) is 20.8 Å². The first-order valence-electron chi connectivity index (χ1n) is 9.18. The SMILES string of the molecule is CCC[C@H](NC(=O)[C@@H]1C[C@@H](O)CN1C(=O)[C@@H](C)C(C)C)C(=O)CC(N)=O. The highest BCUT2D eigenvalue weighted by molar-refractivity contribution is 6.02. The standard InChI is InChI=1S/C18H31N3O5/c1-5-6-13(15(23)8-16(19)24)20-17(25)14-7-12(22)9-21(14)18(26)11(4)10(2)3/h10-14,22H,5-9H2,1-4H3,(H2,19,24)(H,20,25)/t11-,12+,13-,14-/m0/s1. The first kappa shape index (κ1) is 22.1. The fraction of sp³-hybridized carbons (Fsp3) is 0.778. The van der Waals surface area contributed by atoms with Crippen LogP contribution in [0.1, 0.15) is 53.4 Å². The molecule has 1 heterocycles. The molecule has 0 unspecified atom stereocenters. The van der Waals surface area contributed by atoms with E-state index in [1.165, 1.54) is 4.90 Å². The van der Waals surface area contributed by atoms with Gasteiger partial charge in [-0.05, 0) is 12.3 Å². The van der Waals surface area contributed by atoms with Crippen molar-refractivity contribution >= 4 is 23.5 Å². The highest BCUT2D eigenvalue weighted by Gasteiger charge is 2.41. The van der Waals surface area contributed by atoms with Gasteiger partial charge in [0.25, 0.3) is 0 Å². The molecule has 1 aliphatic rings. The van der Waals surface area contributed by atoms with E-state index in [0.717, 1.165) is 0 Å². The van der Waals surface area contributed by atoms with E-state index in [-0.39, 0.29) is 30.7 Å². The number of carbonyl (C=O) groups excluding carboxylic acids is 4. The fourth-order valence-electron chi connectivity index (χ4n) is 3.02. The lowest BCUT2D eigenvalue weighted by Gasteiger charge is -2.29. The largest absolute Gasteiger partial charge is 0.391 e. The molecule has 1 rings (SSSR count). The monoisotopic (exact) mass is 369 g/mol. The zero-order chi connectivity index (χ0) is 20.0. The normalized spacial score (nSPS) is 22.2. The van der Waals surface area contributed by atoms with Crippen molar-refractivity contribution in [1.82, 2.24) is 10.2 Å². The highest BCUT2D eigenvalue weighted by atomic mass is 16.3. The third-order valence-corrected chi connectivity index (χ3v) is 4.89. The summed E-state index contributed by atoms with van der Waals surface area (Å²) in [6.07, 6.45) is -0.0737. The lowest BCUT2D eigenvalue weighted by Crippen LogP contribution is -2.52. The number of carbonyl (C=O) groups is 4. The van der Waals surface area contributed by atoms with E-state index in [4.69, 9.17) is 5.73 Å². The number of hydrogen-bond donors (Lipinski definition) is 3. The Hall–Kier alpha value is -1.96. The van der Waals surface area contributed by atoms with Crippen molar-refractivity contribution in [3.8, 4) is 0 Å². The van der Waals surface area contributed by atoms with Gasteiger partial charge in [-0.3, -0.25) is 19.2 Å². The van der Waals surface area contributed by atoms with Crippen LogP contribution in [0.5, 0.6) is 0 Å². The first-order valence-corrected chi connectivity index (χ1v) is 9.18. The summed E-state index contributed by atoms with van der Waals surface area (Å²) in [5.74, 6) is -2.04. The number of aliphatic hydroxyl groups is 1. The lowest BCUT2D eigenvalue weighted by molar-refractivity contribution is -0.143. The van der Waals surface area contributed by atoms with Crippen LogP contribution in [-0.2, 0) is 19.2 Å². The van der Waals surface area contributed by atoms with Gasteiger partial charge in [0.15, 0.2) is 5.78 Å². The Morgan fingerprint density at radius 1 is 1.23 bits per heavy atom. The van der Waals surface area contributed by atoms with E-state index in [9.17, 15) is 24.3 Å². The molecular formula is C18H31N3O5. The predicted octanol–water partition coefficient (Wildman–Crippen LogP) is -0.0303. The van der Waals surface area contributed by atoms with Gasteiger partial charge in [-0.1, -0.05) is 34.1 Å². The number of nitrogens with zero attached hydrogens (tertiary/aromatic N) is 1. The van der Waals surface area contributed by atoms with Crippen LogP contribution in [0.2, 0.25) is 0 Å². The minimum atomic E-state index is -0.822. The topological polar surface area (TPSA) is 130 Å². The molecule has 4 atom stereocenters. The molecule has 0 aromatic carbocycles. The molecule has 1 fully saturated rings. The number of Topliss-reactive ketones (excluding diaryl/α,β-unsaturated/α-hetero) is 1. The second kappa shape index (κ2) is 9.66. The van der Waals surface area contributed by atoms with Gasteiger partial charge in [-0.2, -0.15) is 0 Å². The molecule has 0 aromatic heterocycles. The number of nitrogens with one attached hydrogen (secondary N) is 1. The Morgan fingerprint density at radius 2 is 1.85 bits per heavy atom. The Kier molecular flexibility index (Phi) is 8.20. The molecule has 4 N–H and O–H groups in total. The number of ketones is 1. The summed E-state index contributed by atoms with van der Waals surface area (Å²) in [4.78, 5) is 49.8. The number of amides is 3. The summed E-state index contributed by atoms with van der Waals surface area (Å²) in [6.45, 7) is 7.59. The van der Waals surface area contributed by atoms with E-state index < -0.39 is 42.2 Å². The summed E-state index contributed by atoms with van der Waals surface area (Å²) in [5.41, 5.74) is 5.06. The summed E-state index contributed by atoms with van der Waals surface area (Å²) < 4.78 is 0. The van der Waals surface area contributed by atoms with E-state index in [2.05, 4.69) is 5.32 Å². The quantitative estimate of drug-likeness (QED) is 0.491. The first-order chi connectivity index (χ1) is 12.1. The van der Waals surface area contributed by atoms with E-state index in [0.29, 0.717) is 12.8 Å². The average molecular weight is 369 g/mol. The third kappa shape index (κ3) is 5.79. The van der Waals surface area contributed by atoms with Gasteiger partial charge in [0.1, 0.15) is 6.04 Å². The van der Waals surface area contributed by atoms with Crippen molar-refractivity contribution in [2.45, 2.75) is 71.6 Å².